The van der Waals surface area contributed by atoms with E-state index in [1.165, 1.54) is 4.90 Å². The number of benzene rings is 1. The number of carboxylic acid groups (broad SMARTS) is 1. The maximum Gasteiger partial charge on any atom is 0.405 e. The van der Waals surface area contributed by atoms with Gasteiger partial charge in [0.2, 0.25) is 27.7 Å². The van der Waals surface area contributed by atoms with Gasteiger partial charge in [-0.05, 0) is 61.5 Å². The number of ether oxygens (including phenoxy) is 1. The van der Waals surface area contributed by atoms with Crippen LogP contribution < -0.4 is 20.1 Å². The van der Waals surface area contributed by atoms with Crippen molar-refractivity contribution in [1.29, 1.82) is 0 Å². The van der Waals surface area contributed by atoms with Gasteiger partial charge in [-0.15, -0.1) is 0 Å². The van der Waals surface area contributed by atoms with E-state index in [1.807, 2.05) is 6.92 Å². The lowest BCUT2D eigenvalue weighted by atomic mass is 9.85. The Morgan fingerprint density at radius 1 is 1.04 bits per heavy atom. The highest BCUT2D eigenvalue weighted by molar-refractivity contribution is 7.91. The number of para-hydroxylation sites is 2. The first-order valence-corrected chi connectivity index (χ1v) is 21.4. The molecule has 0 bridgehead atoms. The van der Waals surface area contributed by atoms with Crippen LogP contribution in [0.25, 0.3) is 11.0 Å². The number of nitrogens with zero attached hydrogens (tertiary/aromatic N) is 3. The number of alkyl halides is 2. The van der Waals surface area contributed by atoms with Gasteiger partial charge in [-0.2, -0.15) is 8.78 Å². The fourth-order valence-electron chi connectivity index (χ4n) is 8.03. The molecule has 2 heterocycles. The first-order chi connectivity index (χ1) is 26.3. The van der Waals surface area contributed by atoms with Gasteiger partial charge in [0.25, 0.3) is 11.8 Å². The Morgan fingerprint density at radius 3 is 2.25 bits per heavy atom. The lowest BCUT2D eigenvalue weighted by Crippen LogP contribution is -2.61. The molecule has 1 aliphatic heterocycles. The topological polar surface area (TPSA) is 197 Å². The number of fused-ring (bicyclic) bond motifs is 1. The van der Waals surface area contributed by atoms with Gasteiger partial charge in [-0.1, -0.05) is 78.9 Å². The lowest BCUT2D eigenvalue weighted by Gasteiger charge is -2.35. The van der Waals surface area contributed by atoms with E-state index < -0.39 is 104 Å². The first-order valence-electron chi connectivity index (χ1n) is 19.8. The third-order valence-corrected chi connectivity index (χ3v) is 13.6. The molecule has 3 aliphatic carbocycles. The summed E-state index contributed by atoms with van der Waals surface area (Å²) in [4.78, 5) is 64.6. The zero-order chi connectivity index (χ0) is 40.8. The van der Waals surface area contributed by atoms with E-state index in [2.05, 4.69) is 25.3 Å². The molecule has 1 aromatic carbocycles. The molecule has 2 aromatic rings. The summed E-state index contributed by atoms with van der Waals surface area (Å²) in [5.74, 6) is -6.90. The molecule has 314 valence electrons. The van der Waals surface area contributed by atoms with Crippen LogP contribution in [-0.2, 0) is 30.3 Å². The molecular formula is C39H60F2N6O8S. The summed E-state index contributed by atoms with van der Waals surface area (Å²) in [5.41, 5.74) is -2.65. The molecule has 0 unspecified atom stereocenters. The number of halogens is 2. The molecule has 17 heteroatoms. The third kappa shape index (κ3) is 8.86. The van der Waals surface area contributed by atoms with Gasteiger partial charge < -0.3 is 25.4 Å². The average molecular weight is 811 g/mol. The summed E-state index contributed by atoms with van der Waals surface area (Å²) in [7, 11) is -3.95. The molecule has 6 atom stereocenters. The van der Waals surface area contributed by atoms with E-state index >= 15 is 8.78 Å². The second-order valence-corrected chi connectivity index (χ2v) is 19.1. The summed E-state index contributed by atoms with van der Waals surface area (Å²) in [6, 6.07) is 3.85. The molecule has 14 nitrogen and oxygen atoms in total. The van der Waals surface area contributed by atoms with Crippen molar-refractivity contribution in [2.75, 3.05) is 6.54 Å². The number of hydrogen-bond acceptors (Lipinski definition) is 9. The Balaban J connectivity index is 0.00000310. The quantitative estimate of drug-likeness (QED) is 0.138. The number of carbonyl (C=O) groups excluding carboxylic acids is 3. The van der Waals surface area contributed by atoms with E-state index in [9.17, 15) is 32.7 Å². The minimum atomic E-state index is -3.95. The SMILES string of the molecule is CC[C@@H]1[C@@H](Oc2nc3ccccc3nc2C(F)(F)CCCCC2CC2)CN(C(=O)[C@@H](NC(=O)O)C(C)(C)C)[C@@H]1C(=O)N[C@]1(C(=O)NS(=O)(=O)C2CC2)C[C@H]1CC.[HH].[HH].[HH]. The van der Waals surface area contributed by atoms with Crippen molar-refractivity contribution >= 4 is 44.9 Å². The Labute approximate surface area is 330 Å². The number of aromatic nitrogens is 2. The molecule has 4 N–H and O–H groups in total. The highest BCUT2D eigenvalue weighted by Crippen LogP contribution is 2.48. The second-order valence-electron chi connectivity index (χ2n) is 17.1. The number of hydrogen-bond donors (Lipinski definition) is 4. The normalized spacial score (nSPS) is 25.7. The number of carbonyl (C=O) groups is 4. The molecular weight excluding hydrogens is 751 g/mol. The highest BCUT2D eigenvalue weighted by Gasteiger charge is 2.63. The largest absolute Gasteiger partial charge is 0.471 e. The van der Waals surface area contributed by atoms with Crippen LogP contribution in [0, 0.1) is 23.2 Å². The van der Waals surface area contributed by atoms with Crippen LogP contribution in [0.1, 0.15) is 115 Å². The predicted octanol–water partition coefficient (Wildman–Crippen LogP) is 5.99. The monoisotopic (exact) mass is 810 g/mol. The fourth-order valence-corrected chi connectivity index (χ4v) is 9.39. The highest BCUT2D eigenvalue weighted by atomic mass is 32.2. The first kappa shape index (κ1) is 41.5. The summed E-state index contributed by atoms with van der Waals surface area (Å²) in [6.07, 6.45) is 2.67. The van der Waals surface area contributed by atoms with Gasteiger partial charge >= 0.3 is 6.09 Å². The van der Waals surface area contributed by atoms with E-state index in [4.69, 9.17) is 4.74 Å². The van der Waals surface area contributed by atoms with Crippen molar-refractivity contribution in [2.45, 2.75) is 140 Å². The van der Waals surface area contributed by atoms with Crippen molar-refractivity contribution in [2.24, 2.45) is 23.2 Å². The summed E-state index contributed by atoms with van der Waals surface area (Å²) in [6.45, 7) is 8.20. The molecule has 1 saturated heterocycles. The third-order valence-electron chi connectivity index (χ3n) is 11.7. The number of likely N-dealkylation sites (tertiary alicyclic amines) is 1. The van der Waals surface area contributed by atoms with E-state index in [0.717, 1.165) is 19.3 Å². The summed E-state index contributed by atoms with van der Waals surface area (Å²) >= 11 is 0. The molecule has 3 saturated carbocycles. The minimum absolute atomic E-state index is 0. The van der Waals surface area contributed by atoms with Crippen molar-refractivity contribution in [3.63, 3.8) is 0 Å². The van der Waals surface area contributed by atoms with Gasteiger partial charge in [-0.25, -0.2) is 23.2 Å². The van der Waals surface area contributed by atoms with Crippen LogP contribution >= 0.6 is 0 Å². The number of rotatable bonds is 17. The number of nitrogens with one attached hydrogen (secondary N) is 3. The Hall–Kier alpha value is -4.15. The van der Waals surface area contributed by atoms with Gasteiger partial charge in [-0.3, -0.25) is 19.1 Å². The van der Waals surface area contributed by atoms with Gasteiger partial charge in [0.15, 0.2) is 5.69 Å². The minimum Gasteiger partial charge on any atom is -0.471 e. The fraction of sp³-hybridized carbons (Fsp3) is 0.692. The summed E-state index contributed by atoms with van der Waals surface area (Å²) < 4.78 is 66.4. The standard InChI is InChI=1S/C39H54F2N6O8S.3H2/c1-6-23-20-38(23,35(50)46-56(53,54)24-17-18-24)45-32(48)29-25(7-2)28(21-47(29)34(49)31(37(3,4)5)44-36(51)52)55-33-30(42-26-13-8-9-14-27(26)43-33)39(40,41)19-11-10-12-22-15-16-22;;;/h8-9,13-14,22-25,28-29,31,44H,6-7,10-12,15-21H2,1-5H3,(H,45,48)(H,46,50)(H,51,52);3*1H/t23-,25-,28+,29+,31-,38-;;;/m1.../s1. The lowest BCUT2D eigenvalue weighted by molar-refractivity contribution is -0.143. The molecule has 4 amide bonds. The number of amides is 4. The molecule has 6 rings (SSSR count). The Morgan fingerprint density at radius 2 is 1.70 bits per heavy atom. The maximum absolute atomic E-state index is 16.2. The van der Waals surface area contributed by atoms with Gasteiger partial charge in [0.1, 0.15) is 23.7 Å². The average Bonchev–Trinajstić information content (AvgIpc) is 4.01. The van der Waals surface area contributed by atoms with Crippen LogP contribution in [0.3, 0.4) is 0 Å². The predicted molar refractivity (Wildman–Crippen MR) is 208 cm³/mol. The van der Waals surface area contributed by atoms with Gasteiger partial charge in [0, 0.05) is 16.6 Å². The molecule has 4 fully saturated rings. The van der Waals surface area contributed by atoms with Gasteiger partial charge in [0.05, 0.1) is 22.8 Å². The maximum atomic E-state index is 16.2. The van der Waals surface area contributed by atoms with Crippen LogP contribution in [-0.4, -0.2) is 87.7 Å². The molecule has 0 spiro atoms. The molecule has 4 aliphatic rings. The van der Waals surface area contributed by atoms with E-state index in [1.54, 1.807) is 52.0 Å². The van der Waals surface area contributed by atoms with Crippen LogP contribution in [0.2, 0.25) is 0 Å². The zero-order valence-corrected chi connectivity index (χ0v) is 33.5. The Bertz CT molecular complexity index is 1970. The summed E-state index contributed by atoms with van der Waals surface area (Å²) in [5, 5.41) is 14.1. The zero-order valence-electron chi connectivity index (χ0n) is 32.6. The van der Waals surface area contributed by atoms with Crippen molar-refractivity contribution in [3.05, 3.63) is 30.0 Å². The van der Waals surface area contributed by atoms with Crippen molar-refractivity contribution in [1.82, 2.24) is 30.2 Å². The molecule has 1 aromatic heterocycles. The molecule has 0 radical (unpaired) electrons. The Kier molecular flexibility index (Phi) is 11.6. The number of sulfonamides is 1. The number of unbranched alkanes of at least 4 members (excludes halogenated alkanes) is 1. The van der Waals surface area contributed by atoms with E-state index in [-0.39, 0.29) is 35.6 Å². The van der Waals surface area contributed by atoms with Crippen LogP contribution in [0.4, 0.5) is 13.6 Å². The molecule has 56 heavy (non-hydrogen) atoms. The second kappa shape index (κ2) is 15.7. The van der Waals surface area contributed by atoms with Crippen LogP contribution in [0.5, 0.6) is 5.88 Å². The van der Waals surface area contributed by atoms with Crippen molar-refractivity contribution < 1.29 is 50.5 Å². The van der Waals surface area contributed by atoms with E-state index in [0.29, 0.717) is 37.1 Å². The smallest absolute Gasteiger partial charge is 0.405 e. The van der Waals surface area contributed by atoms with Crippen molar-refractivity contribution in [3.8, 4) is 5.88 Å². The van der Waals surface area contributed by atoms with Crippen LogP contribution in [0.15, 0.2) is 24.3 Å².